The number of benzene rings is 1. The van der Waals surface area contributed by atoms with E-state index in [4.69, 9.17) is 0 Å². The number of alkyl halides is 3. The van der Waals surface area contributed by atoms with Gasteiger partial charge in [0.25, 0.3) is 5.91 Å². The molecule has 0 saturated carbocycles. The maximum absolute atomic E-state index is 12.7. The molecule has 1 N–H and O–H groups in total. The number of nitrogens with one attached hydrogen (secondary N) is 1. The highest BCUT2D eigenvalue weighted by Gasteiger charge is 2.37. The average molecular weight is 270 g/mol. The van der Waals surface area contributed by atoms with Gasteiger partial charge < -0.3 is 10.2 Å². The number of hydrogen-bond donors (Lipinski definition) is 1. The maximum Gasteiger partial charge on any atom is 0.416 e. The van der Waals surface area contributed by atoms with Gasteiger partial charge in [0.1, 0.15) is 0 Å². The lowest BCUT2D eigenvalue weighted by molar-refractivity contribution is -0.137. The van der Waals surface area contributed by atoms with Gasteiger partial charge in [-0.15, -0.1) is 0 Å². The molecule has 1 fully saturated rings. The molecule has 102 valence electrons. The van der Waals surface area contributed by atoms with E-state index in [1.54, 1.807) is 4.90 Å². The summed E-state index contributed by atoms with van der Waals surface area (Å²) in [4.78, 5) is 13.9. The molecule has 1 aromatic carbocycles. The van der Waals surface area contributed by atoms with Crippen LogP contribution in [0.3, 0.4) is 0 Å². The van der Waals surface area contributed by atoms with E-state index in [-0.39, 0.29) is 17.5 Å². The van der Waals surface area contributed by atoms with E-state index < -0.39 is 11.7 Å². The molecule has 1 aromatic rings. The lowest BCUT2D eigenvalue weighted by Gasteiger charge is -2.40. The highest BCUT2D eigenvalue weighted by atomic mass is 19.4. The van der Waals surface area contributed by atoms with Crippen molar-refractivity contribution in [3.05, 3.63) is 34.9 Å². The van der Waals surface area contributed by atoms with Gasteiger partial charge in [-0.2, -0.15) is 13.2 Å². The third-order valence-corrected chi connectivity index (χ3v) is 3.73. The minimum absolute atomic E-state index is 0.0606. The molecule has 19 heavy (non-hydrogen) atoms. The predicted octanol–water partition coefficient (Wildman–Crippen LogP) is 1.68. The summed E-state index contributed by atoms with van der Waals surface area (Å²) in [5, 5.41) is 3.20. The zero-order valence-corrected chi connectivity index (χ0v) is 10.1. The van der Waals surface area contributed by atoms with Gasteiger partial charge >= 0.3 is 6.18 Å². The molecule has 1 saturated heterocycles. The van der Waals surface area contributed by atoms with E-state index in [2.05, 4.69) is 5.32 Å². The highest BCUT2D eigenvalue weighted by molar-refractivity contribution is 5.97. The zero-order chi connectivity index (χ0) is 13.6. The van der Waals surface area contributed by atoms with Crippen LogP contribution in [-0.2, 0) is 12.6 Å². The zero-order valence-electron chi connectivity index (χ0n) is 10.1. The Morgan fingerprint density at radius 3 is 2.84 bits per heavy atom. The van der Waals surface area contributed by atoms with E-state index in [1.165, 1.54) is 6.07 Å². The largest absolute Gasteiger partial charge is 0.416 e. The summed E-state index contributed by atoms with van der Waals surface area (Å²) < 4.78 is 38.0. The second-order valence-electron chi connectivity index (χ2n) is 4.93. The van der Waals surface area contributed by atoms with Crippen molar-refractivity contribution >= 4 is 5.91 Å². The van der Waals surface area contributed by atoms with Gasteiger partial charge in [0.2, 0.25) is 0 Å². The second kappa shape index (κ2) is 4.23. The molecular formula is C13H13F3N2O. The number of rotatable bonds is 0. The van der Waals surface area contributed by atoms with Crippen molar-refractivity contribution in [2.24, 2.45) is 0 Å². The van der Waals surface area contributed by atoms with Crippen LogP contribution >= 0.6 is 0 Å². The van der Waals surface area contributed by atoms with Crippen LogP contribution in [0.1, 0.15) is 21.5 Å². The fraction of sp³-hybridized carbons (Fsp3) is 0.462. The van der Waals surface area contributed by atoms with Crippen LogP contribution in [0.15, 0.2) is 18.2 Å². The summed E-state index contributed by atoms with van der Waals surface area (Å²) in [5.74, 6) is -0.279. The molecule has 1 atom stereocenters. The first-order chi connectivity index (χ1) is 8.97. The van der Waals surface area contributed by atoms with Crippen LogP contribution in [0.4, 0.5) is 13.2 Å². The molecule has 0 unspecified atom stereocenters. The van der Waals surface area contributed by atoms with Crippen molar-refractivity contribution in [2.75, 3.05) is 19.6 Å². The predicted molar refractivity (Wildman–Crippen MR) is 62.8 cm³/mol. The molecule has 2 heterocycles. The summed E-state index contributed by atoms with van der Waals surface area (Å²) in [5.41, 5.74) is 0.157. The van der Waals surface area contributed by atoms with Crippen molar-refractivity contribution in [1.29, 1.82) is 0 Å². The quantitative estimate of drug-likeness (QED) is 0.778. The van der Waals surface area contributed by atoms with Gasteiger partial charge in [-0.1, -0.05) is 6.07 Å². The fourth-order valence-corrected chi connectivity index (χ4v) is 2.75. The van der Waals surface area contributed by atoms with Crippen LogP contribution in [-0.4, -0.2) is 36.5 Å². The molecule has 6 heteroatoms. The van der Waals surface area contributed by atoms with Crippen molar-refractivity contribution in [2.45, 2.75) is 18.6 Å². The Hall–Kier alpha value is -1.56. The number of piperazine rings is 1. The summed E-state index contributed by atoms with van der Waals surface area (Å²) in [7, 11) is 0. The lowest BCUT2D eigenvalue weighted by atomic mass is 9.91. The van der Waals surface area contributed by atoms with Crippen LogP contribution in [0.2, 0.25) is 0 Å². The Morgan fingerprint density at radius 1 is 1.32 bits per heavy atom. The lowest BCUT2D eigenvalue weighted by Crippen LogP contribution is -2.56. The Balaban J connectivity index is 2.01. The molecule has 1 amide bonds. The monoisotopic (exact) mass is 270 g/mol. The summed E-state index contributed by atoms with van der Waals surface area (Å²) in [6.07, 6.45) is -3.79. The first kappa shape index (κ1) is 12.5. The van der Waals surface area contributed by atoms with E-state index in [0.29, 0.717) is 31.6 Å². The van der Waals surface area contributed by atoms with Gasteiger partial charge in [-0.3, -0.25) is 4.79 Å². The third kappa shape index (κ3) is 2.10. The molecule has 0 bridgehead atoms. The Labute approximate surface area is 108 Å². The Kier molecular flexibility index (Phi) is 2.78. The number of hydrogen-bond acceptors (Lipinski definition) is 2. The van der Waals surface area contributed by atoms with Gasteiger partial charge in [0.15, 0.2) is 0 Å². The SMILES string of the molecule is O=C1c2cc(C(F)(F)F)ccc2C[C@@H]2CNCCN12. The molecule has 2 aliphatic heterocycles. The van der Waals surface area contributed by atoms with Crippen LogP contribution in [0, 0.1) is 0 Å². The van der Waals surface area contributed by atoms with Gasteiger partial charge in [-0.25, -0.2) is 0 Å². The van der Waals surface area contributed by atoms with Crippen molar-refractivity contribution in [3.8, 4) is 0 Å². The first-order valence-corrected chi connectivity index (χ1v) is 6.18. The number of fused-ring (bicyclic) bond motifs is 2. The molecule has 2 aliphatic rings. The number of halogens is 3. The molecule has 0 radical (unpaired) electrons. The van der Waals surface area contributed by atoms with Crippen molar-refractivity contribution in [3.63, 3.8) is 0 Å². The topological polar surface area (TPSA) is 32.3 Å². The van der Waals surface area contributed by atoms with Gasteiger partial charge in [-0.05, 0) is 24.1 Å². The minimum Gasteiger partial charge on any atom is -0.333 e. The maximum atomic E-state index is 12.7. The van der Waals surface area contributed by atoms with E-state index in [9.17, 15) is 18.0 Å². The Morgan fingerprint density at radius 2 is 2.11 bits per heavy atom. The highest BCUT2D eigenvalue weighted by Crippen LogP contribution is 2.33. The summed E-state index contributed by atoms with van der Waals surface area (Å²) in [6, 6.07) is 3.53. The summed E-state index contributed by atoms with van der Waals surface area (Å²) >= 11 is 0. The van der Waals surface area contributed by atoms with Gasteiger partial charge in [0, 0.05) is 31.2 Å². The molecule has 3 rings (SSSR count). The number of carbonyl (C=O) groups excluding carboxylic acids is 1. The Bertz CT molecular complexity index is 527. The van der Waals surface area contributed by atoms with E-state index in [1.807, 2.05) is 0 Å². The molecule has 0 aromatic heterocycles. The molecular weight excluding hydrogens is 257 g/mol. The number of amides is 1. The van der Waals surface area contributed by atoms with E-state index >= 15 is 0 Å². The van der Waals surface area contributed by atoms with Gasteiger partial charge in [0.05, 0.1) is 5.56 Å². The third-order valence-electron chi connectivity index (χ3n) is 3.73. The fourth-order valence-electron chi connectivity index (χ4n) is 2.75. The van der Waals surface area contributed by atoms with Crippen molar-refractivity contribution in [1.82, 2.24) is 10.2 Å². The van der Waals surface area contributed by atoms with Crippen LogP contribution in [0.5, 0.6) is 0 Å². The standard InChI is InChI=1S/C13H13F3N2O/c14-13(15,16)9-2-1-8-5-10-7-17-3-4-18(10)12(19)11(8)6-9/h1-2,6,10,17H,3-5,7H2/t10-/m1/s1. The molecule has 0 aliphatic carbocycles. The second-order valence-corrected chi connectivity index (χ2v) is 4.93. The van der Waals surface area contributed by atoms with E-state index in [0.717, 1.165) is 12.1 Å². The molecule has 0 spiro atoms. The number of carbonyl (C=O) groups is 1. The smallest absolute Gasteiger partial charge is 0.333 e. The van der Waals surface area contributed by atoms with Crippen LogP contribution in [0.25, 0.3) is 0 Å². The minimum atomic E-state index is -4.41. The van der Waals surface area contributed by atoms with Crippen LogP contribution < -0.4 is 5.32 Å². The molecule has 3 nitrogen and oxygen atoms in total. The van der Waals surface area contributed by atoms with Crippen molar-refractivity contribution < 1.29 is 18.0 Å². The normalized spacial score (nSPS) is 23.0. The summed E-state index contributed by atoms with van der Waals surface area (Å²) in [6.45, 7) is 1.95. The average Bonchev–Trinajstić information content (AvgIpc) is 2.37. The first-order valence-electron chi connectivity index (χ1n) is 6.18. The number of nitrogens with zero attached hydrogens (tertiary/aromatic N) is 1.